The maximum Gasteiger partial charge on any atom is 0.236 e. The molecule has 3 heteroatoms. The third-order valence-electron chi connectivity index (χ3n) is 3.14. The van der Waals surface area contributed by atoms with Crippen LogP contribution < -0.4 is 5.43 Å². The van der Waals surface area contributed by atoms with Crippen molar-refractivity contribution in [2.45, 2.75) is 38.5 Å². The van der Waals surface area contributed by atoms with Crippen molar-refractivity contribution < 1.29 is 4.79 Å². The van der Waals surface area contributed by atoms with E-state index in [1.165, 1.54) is 18.9 Å². The maximum absolute atomic E-state index is 10.8. The van der Waals surface area contributed by atoms with Gasteiger partial charge in [-0.15, -0.1) is 0 Å². The largest absolute Gasteiger partial charge is 0.274 e. The van der Waals surface area contributed by atoms with Crippen molar-refractivity contribution >= 4 is 11.6 Å². The van der Waals surface area contributed by atoms with Gasteiger partial charge >= 0.3 is 0 Å². The van der Waals surface area contributed by atoms with Gasteiger partial charge in [0.05, 0.1) is 0 Å². The van der Waals surface area contributed by atoms with E-state index >= 15 is 0 Å². The predicted molar refractivity (Wildman–Crippen MR) is 68.9 cm³/mol. The number of nitrogens with zero attached hydrogens (tertiary/aromatic N) is 1. The van der Waals surface area contributed by atoms with Crippen LogP contribution in [0.1, 0.15) is 44.1 Å². The van der Waals surface area contributed by atoms with E-state index in [0.717, 1.165) is 25.0 Å². The molecule has 1 aliphatic rings. The van der Waals surface area contributed by atoms with E-state index in [-0.39, 0.29) is 5.91 Å². The molecule has 1 aromatic carbocycles. The van der Waals surface area contributed by atoms with Crippen LogP contribution in [0.4, 0.5) is 0 Å². The minimum Gasteiger partial charge on any atom is -0.274 e. The van der Waals surface area contributed by atoms with E-state index in [1.807, 2.05) is 6.07 Å². The van der Waals surface area contributed by atoms with Crippen LogP contribution in [0.5, 0.6) is 0 Å². The van der Waals surface area contributed by atoms with E-state index in [1.54, 1.807) is 0 Å². The fourth-order valence-electron chi connectivity index (χ4n) is 2.31. The summed E-state index contributed by atoms with van der Waals surface area (Å²) in [5.41, 5.74) is 5.03. The number of carbonyl (C=O) groups excluding carboxylic acids is 1. The third kappa shape index (κ3) is 3.41. The average Bonchev–Trinajstić information content (AvgIpc) is 2.38. The Hall–Kier alpha value is -1.64. The molecule has 2 rings (SSSR count). The monoisotopic (exact) mass is 230 g/mol. The van der Waals surface area contributed by atoms with E-state index in [4.69, 9.17) is 0 Å². The molecule has 1 amide bonds. The second-order valence-electron chi connectivity index (χ2n) is 4.55. The molecular weight excluding hydrogens is 212 g/mol. The van der Waals surface area contributed by atoms with Crippen molar-refractivity contribution in [3.63, 3.8) is 0 Å². The number of amides is 1. The molecule has 0 aliphatic heterocycles. The molecule has 90 valence electrons. The van der Waals surface area contributed by atoms with Gasteiger partial charge in [-0.3, -0.25) is 4.79 Å². The number of hydrogen-bond donors (Lipinski definition) is 1. The summed E-state index contributed by atoms with van der Waals surface area (Å²) < 4.78 is 0. The molecule has 1 aromatic rings. The number of rotatable bonds is 2. The molecule has 0 aromatic heterocycles. The van der Waals surface area contributed by atoms with Gasteiger partial charge in [-0.1, -0.05) is 30.3 Å². The first-order valence-electron chi connectivity index (χ1n) is 6.12. The van der Waals surface area contributed by atoms with Gasteiger partial charge in [0.2, 0.25) is 5.91 Å². The fourth-order valence-corrected chi connectivity index (χ4v) is 2.31. The zero-order valence-corrected chi connectivity index (χ0v) is 10.1. The Labute approximate surface area is 102 Å². The van der Waals surface area contributed by atoms with Crippen LogP contribution in [-0.4, -0.2) is 11.6 Å². The van der Waals surface area contributed by atoms with Crippen molar-refractivity contribution in [2.75, 3.05) is 0 Å². The molecule has 0 spiro atoms. The number of nitrogens with one attached hydrogen (secondary N) is 1. The number of hydrazone groups is 1. The third-order valence-corrected chi connectivity index (χ3v) is 3.14. The summed E-state index contributed by atoms with van der Waals surface area (Å²) in [6.07, 6.45) is 4.33. The van der Waals surface area contributed by atoms with E-state index in [2.05, 4.69) is 34.8 Å². The summed E-state index contributed by atoms with van der Waals surface area (Å²) in [6.45, 7) is 1.49. The van der Waals surface area contributed by atoms with Crippen LogP contribution >= 0.6 is 0 Å². The van der Waals surface area contributed by atoms with Crippen molar-refractivity contribution in [1.82, 2.24) is 5.43 Å². The molecule has 1 saturated carbocycles. The van der Waals surface area contributed by atoms with Gasteiger partial charge in [-0.25, -0.2) is 5.43 Å². The maximum atomic E-state index is 10.8. The first-order valence-corrected chi connectivity index (χ1v) is 6.12. The zero-order valence-electron chi connectivity index (χ0n) is 10.1. The van der Waals surface area contributed by atoms with Crippen molar-refractivity contribution in [3.8, 4) is 0 Å². The first-order chi connectivity index (χ1) is 8.25. The molecule has 0 unspecified atom stereocenters. The molecule has 1 aliphatic carbocycles. The van der Waals surface area contributed by atoms with Gasteiger partial charge in [0.1, 0.15) is 0 Å². The van der Waals surface area contributed by atoms with Crippen LogP contribution in [0.25, 0.3) is 0 Å². The highest BCUT2D eigenvalue weighted by molar-refractivity contribution is 5.87. The summed E-state index contributed by atoms with van der Waals surface area (Å²) in [5.74, 6) is 0.455. The number of benzene rings is 1. The highest BCUT2D eigenvalue weighted by Gasteiger charge is 2.19. The highest BCUT2D eigenvalue weighted by atomic mass is 16.2. The predicted octanol–water partition coefficient (Wildman–Crippen LogP) is 2.84. The number of carbonyl (C=O) groups is 1. The Morgan fingerprint density at radius 1 is 1.35 bits per heavy atom. The van der Waals surface area contributed by atoms with Gasteiger partial charge in [0, 0.05) is 12.6 Å². The zero-order chi connectivity index (χ0) is 12.1. The Balaban J connectivity index is 2.02. The number of hydrogen-bond acceptors (Lipinski definition) is 2. The van der Waals surface area contributed by atoms with Gasteiger partial charge in [0.15, 0.2) is 0 Å². The van der Waals surface area contributed by atoms with Crippen molar-refractivity contribution in [1.29, 1.82) is 0 Å². The molecular formula is C14H18N2O. The Kier molecular flexibility index (Phi) is 3.91. The molecule has 3 nitrogen and oxygen atoms in total. The Morgan fingerprint density at radius 2 is 2.12 bits per heavy atom. The molecule has 1 N–H and O–H groups in total. The van der Waals surface area contributed by atoms with Gasteiger partial charge in [-0.05, 0) is 37.2 Å². The molecule has 1 fully saturated rings. The minimum absolute atomic E-state index is 0.0978. The molecule has 0 radical (unpaired) electrons. The van der Waals surface area contributed by atoms with Crippen LogP contribution in [0, 0.1) is 0 Å². The van der Waals surface area contributed by atoms with E-state index in [0.29, 0.717) is 5.92 Å². The lowest BCUT2D eigenvalue weighted by molar-refractivity contribution is -0.118. The van der Waals surface area contributed by atoms with E-state index in [9.17, 15) is 4.79 Å². The first kappa shape index (κ1) is 11.8. The van der Waals surface area contributed by atoms with Gasteiger partial charge < -0.3 is 0 Å². The normalized spacial score (nSPS) is 22.4. The standard InChI is InChI=1S/C14H18N2O/c1-11(17)15-16-14-9-5-8-13(10-14)12-6-3-2-4-7-12/h2-4,6-7,13H,5,8-10H2,1H3,(H,15,17)/b16-14-/t13-/m0/s1. The molecule has 0 heterocycles. The van der Waals surface area contributed by atoms with Crippen LogP contribution in [0.15, 0.2) is 35.4 Å². The Bertz CT molecular complexity index is 411. The lowest BCUT2D eigenvalue weighted by Gasteiger charge is -2.23. The fraction of sp³-hybridized carbons (Fsp3) is 0.429. The smallest absolute Gasteiger partial charge is 0.236 e. The van der Waals surface area contributed by atoms with Gasteiger partial charge in [0.25, 0.3) is 0 Å². The SMILES string of the molecule is CC(=O)N/N=C1/CCC[C@H](c2ccccc2)C1. The lowest BCUT2D eigenvalue weighted by Crippen LogP contribution is -2.20. The van der Waals surface area contributed by atoms with Crippen LogP contribution in [0.3, 0.4) is 0 Å². The highest BCUT2D eigenvalue weighted by Crippen LogP contribution is 2.31. The second-order valence-corrected chi connectivity index (χ2v) is 4.55. The summed E-state index contributed by atoms with van der Waals surface area (Å²) in [5, 5.41) is 4.18. The van der Waals surface area contributed by atoms with E-state index < -0.39 is 0 Å². The second kappa shape index (κ2) is 5.62. The van der Waals surface area contributed by atoms with Crippen molar-refractivity contribution in [2.24, 2.45) is 5.10 Å². The molecule has 17 heavy (non-hydrogen) atoms. The Morgan fingerprint density at radius 3 is 2.82 bits per heavy atom. The van der Waals surface area contributed by atoms with Crippen LogP contribution in [0.2, 0.25) is 0 Å². The average molecular weight is 230 g/mol. The summed E-state index contributed by atoms with van der Waals surface area (Å²) in [6, 6.07) is 10.5. The lowest BCUT2D eigenvalue weighted by atomic mass is 9.83. The summed E-state index contributed by atoms with van der Waals surface area (Å²) >= 11 is 0. The quantitative estimate of drug-likeness (QED) is 0.780. The van der Waals surface area contributed by atoms with Gasteiger partial charge in [-0.2, -0.15) is 5.10 Å². The molecule has 0 bridgehead atoms. The summed E-state index contributed by atoms with van der Waals surface area (Å²) in [4.78, 5) is 10.8. The topological polar surface area (TPSA) is 41.5 Å². The molecule has 1 atom stereocenters. The van der Waals surface area contributed by atoms with Crippen molar-refractivity contribution in [3.05, 3.63) is 35.9 Å². The minimum atomic E-state index is -0.0978. The molecule has 0 saturated heterocycles. The summed E-state index contributed by atoms with van der Waals surface area (Å²) in [7, 11) is 0. The van der Waals surface area contributed by atoms with Crippen LogP contribution in [-0.2, 0) is 4.79 Å².